The Bertz CT molecular complexity index is 1300. The Morgan fingerprint density at radius 2 is 1.79 bits per heavy atom. The Labute approximate surface area is 161 Å². The van der Waals surface area contributed by atoms with Gasteiger partial charge in [-0.25, -0.2) is 0 Å². The van der Waals surface area contributed by atoms with Crippen molar-refractivity contribution < 1.29 is 23.9 Å². The smallest absolute Gasteiger partial charge is 0.231 e. The first-order chi connectivity index (χ1) is 13.8. The minimum atomic E-state index is 0.235. The predicted octanol–water partition coefficient (Wildman–Crippen LogP) is 4.21. The number of hydrogen-bond donors (Lipinski definition) is 1. The van der Waals surface area contributed by atoms with E-state index >= 15 is 0 Å². The third-order valence-electron chi connectivity index (χ3n) is 6.07. The highest BCUT2D eigenvalue weighted by molar-refractivity contribution is 6.15. The summed E-state index contributed by atoms with van der Waals surface area (Å²) in [7, 11) is 1.59. The van der Waals surface area contributed by atoms with Gasteiger partial charge in [0.1, 0.15) is 6.54 Å². The number of methoxy groups -OCH3 is 1. The van der Waals surface area contributed by atoms with Gasteiger partial charge in [0.15, 0.2) is 28.7 Å². The zero-order valence-electron chi connectivity index (χ0n) is 15.6. The molecule has 3 heterocycles. The molecule has 0 fully saturated rings. The number of benzene rings is 3. The van der Waals surface area contributed by atoms with E-state index in [1.807, 2.05) is 6.07 Å². The largest absolute Gasteiger partial charge is 0.504 e. The summed E-state index contributed by atoms with van der Waals surface area (Å²) in [5, 5.41) is 16.3. The zero-order valence-corrected chi connectivity index (χ0v) is 15.6. The maximum Gasteiger partial charge on any atom is 0.231 e. The first kappa shape index (κ1) is 15.8. The number of pyridine rings is 1. The summed E-state index contributed by atoms with van der Waals surface area (Å²) < 4.78 is 19.0. The van der Waals surface area contributed by atoms with E-state index in [4.69, 9.17) is 14.2 Å². The summed E-state index contributed by atoms with van der Waals surface area (Å²) in [4.78, 5) is 0. The predicted molar refractivity (Wildman–Crippen MR) is 106 cm³/mol. The molecule has 0 unspecified atom stereocenters. The fourth-order valence-corrected chi connectivity index (χ4v) is 4.80. The molecule has 6 rings (SSSR count). The van der Waals surface area contributed by atoms with Crippen molar-refractivity contribution in [3.05, 3.63) is 42.1 Å². The van der Waals surface area contributed by atoms with E-state index in [0.717, 1.165) is 64.2 Å². The number of aromatic hydroxyl groups is 1. The molecule has 0 radical (unpaired) electrons. The average molecular weight is 374 g/mol. The number of phenolic OH excluding ortho intramolecular Hbond substituents is 1. The summed E-state index contributed by atoms with van der Waals surface area (Å²) in [5.74, 6) is 2.35. The van der Waals surface area contributed by atoms with Gasteiger partial charge in [0, 0.05) is 18.2 Å². The van der Waals surface area contributed by atoms with Crippen LogP contribution >= 0.6 is 0 Å². The van der Waals surface area contributed by atoms with E-state index < -0.39 is 0 Å². The van der Waals surface area contributed by atoms with E-state index in [1.54, 1.807) is 7.11 Å². The molecule has 4 aromatic rings. The van der Waals surface area contributed by atoms with E-state index in [2.05, 4.69) is 34.9 Å². The molecule has 1 aromatic heterocycles. The molecule has 0 aliphatic carbocycles. The fourth-order valence-electron chi connectivity index (χ4n) is 4.80. The van der Waals surface area contributed by atoms with Crippen LogP contribution in [-0.2, 0) is 13.0 Å². The molecule has 0 saturated heterocycles. The number of aryl methyl sites for hydroxylation is 2. The molecule has 3 aromatic carbocycles. The summed E-state index contributed by atoms with van der Waals surface area (Å²) in [6, 6.07) is 12.3. The highest BCUT2D eigenvalue weighted by Crippen LogP contribution is 2.43. The van der Waals surface area contributed by atoms with Crippen molar-refractivity contribution in [3.63, 3.8) is 0 Å². The highest BCUT2D eigenvalue weighted by atomic mass is 16.7. The third kappa shape index (κ3) is 1.99. The zero-order chi connectivity index (χ0) is 18.8. The Morgan fingerprint density at radius 1 is 0.964 bits per heavy atom. The van der Waals surface area contributed by atoms with Crippen LogP contribution in [-0.4, -0.2) is 19.0 Å². The van der Waals surface area contributed by atoms with E-state index in [-0.39, 0.29) is 12.5 Å². The van der Waals surface area contributed by atoms with Gasteiger partial charge in [-0.1, -0.05) is 6.07 Å². The van der Waals surface area contributed by atoms with Gasteiger partial charge in [-0.15, -0.1) is 0 Å². The Balaban J connectivity index is 1.84. The molecular formula is C23H20NO4+. The Morgan fingerprint density at radius 3 is 2.64 bits per heavy atom. The molecule has 5 nitrogen and oxygen atoms in total. The molecule has 2 aliphatic heterocycles. The van der Waals surface area contributed by atoms with Gasteiger partial charge in [-0.2, -0.15) is 4.57 Å². The van der Waals surface area contributed by atoms with Crippen LogP contribution in [0, 0.1) is 0 Å². The van der Waals surface area contributed by atoms with Gasteiger partial charge in [0.2, 0.25) is 12.3 Å². The molecule has 28 heavy (non-hydrogen) atoms. The van der Waals surface area contributed by atoms with Crippen molar-refractivity contribution >= 4 is 32.4 Å². The van der Waals surface area contributed by atoms with Crippen molar-refractivity contribution in [1.29, 1.82) is 0 Å². The first-order valence-corrected chi connectivity index (χ1v) is 9.66. The quantitative estimate of drug-likeness (QED) is 0.401. The van der Waals surface area contributed by atoms with Crippen LogP contribution in [0.15, 0.2) is 36.4 Å². The molecule has 0 bridgehead atoms. The van der Waals surface area contributed by atoms with Crippen LogP contribution in [0.5, 0.6) is 23.0 Å². The van der Waals surface area contributed by atoms with Crippen molar-refractivity contribution in [1.82, 2.24) is 0 Å². The lowest BCUT2D eigenvalue weighted by Gasteiger charge is -2.18. The molecule has 5 heteroatoms. The van der Waals surface area contributed by atoms with Gasteiger partial charge < -0.3 is 19.3 Å². The SMILES string of the molecule is COc1ccc2c(c1O)c1[n+](c3c4cc5c(cc4ccc23)OCO5)CCCC1. The molecule has 0 amide bonds. The van der Waals surface area contributed by atoms with Gasteiger partial charge in [-0.3, -0.25) is 0 Å². The molecule has 0 saturated carbocycles. The van der Waals surface area contributed by atoms with Crippen LogP contribution in [0.4, 0.5) is 0 Å². The molecular weight excluding hydrogens is 354 g/mol. The fraction of sp³-hybridized carbons (Fsp3) is 0.261. The lowest BCUT2D eigenvalue weighted by molar-refractivity contribution is -0.682. The molecule has 2 aliphatic rings. The number of rotatable bonds is 1. The van der Waals surface area contributed by atoms with Gasteiger partial charge in [-0.05, 0) is 42.1 Å². The molecule has 1 N–H and O–H groups in total. The van der Waals surface area contributed by atoms with E-state index in [9.17, 15) is 5.11 Å². The maximum atomic E-state index is 10.9. The summed E-state index contributed by atoms with van der Waals surface area (Å²) in [5.41, 5.74) is 2.37. The van der Waals surface area contributed by atoms with Gasteiger partial charge >= 0.3 is 0 Å². The van der Waals surface area contributed by atoms with Crippen LogP contribution in [0.25, 0.3) is 32.4 Å². The van der Waals surface area contributed by atoms with Crippen LogP contribution in [0.1, 0.15) is 18.5 Å². The Hall–Kier alpha value is -3.21. The number of aromatic nitrogens is 1. The van der Waals surface area contributed by atoms with Crippen LogP contribution in [0.3, 0.4) is 0 Å². The standard InChI is InChI=1S/C23H19NO4/c1-26-18-8-7-14-15-6-5-13-10-19-20(28-12-27-19)11-16(13)22(15)24-9-3-2-4-17(24)21(14)23(18)25/h5-8,10-11H,2-4,9,12H2,1H3/p+1. The van der Waals surface area contributed by atoms with Crippen LogP contribution in [0.2, 0.25) is 0 Å². The van der Waals surface area contributed by atoms with Crippen molar-refractivity contribution in [3.8, 4) is 23.0 Å². The monoisotopic (exact) mass is 374 g/mol. The Kier molecular flexibility index (Phi) is 3.19. The number of fused-ring (bicyclic) bond motifs is 9. The number of ether oxygens (including phenoxy) is 3. The second-order valence-corrected chi connectivity index (χ2v) is 7.48. The van der Waals surface area contributed by atoms with Crippen LogP contribution < -0.4 is 18.8 Å². The van der Waals surface area contributed by atoms with Crippen molar-refractivity contribution in [2.45, 2.75) is 25.8 Å². The van der Waals surface area contributed by atoms with Gasteiger partial charge in [0.05, 0.1) is 23.3 Å². The normalized spacial score (nSPS) is 15.3. The lowest BCUT2D eigenvalue weighted by Crippen LogP contribution is -2.42. The molecule has 0 spiro atoms. The summed E-state index contributed by atoms with van der Waals surface area (Å²) >= 11 is 0. The second-order valence-electron chi connectivity index (χ2n) is 7.48. The number of phenols is 1. The average Bonchev–Trinajstić information content (AvgIpc) is 3.19. The minimum Gasteiger partial charge on any atom is -0.504 e. The van der Waals surface area contributed by atoms with Gasteiger partial charge in [0.25, 0.3) is 0 Å². The maximum absolute atomic E-state index is 10.9. The third-order valence-corrected chi connectivity index (χ3v) is 6.07. The second kappa shape index (κ2) is 5.64. The lowest BCUT2D eigenvalue weighted by atomic mass is 9.94. The van der Waals surface area contributed by atoms with E-state index in [0.29, 0.717) is 5.75 Å². The van der Waals surface area contributed by atoms with Crippen molar-refractivity contribution in [2.75, 3.05) is 13.9 Å². The van der Waals surface area contributed by atoms with Crippen molar-refractivity contribution in [2.24, 2.45) is 0 Å². The number of hydrogen-bond acceptors (Lipinski definition) is 4. The summed E-state index contributed by atoms with van der Waals surface area (Å²) in [6.07, 6.45) is 3.19. The first-order valence-electron chi connectivity index (χ1n) is 9.66. The topological polar surface area (TPSA) is 51.8 Å². The molecule has 140 valence electrons. The highest BCUT2D eigenvalue weighted by Gasteiger charge is 2.29. The summed E-state index contributed by atoms with van der Waals surface area (Å²) in [6.45, 7) is 1.21. The molecule has 0 atom stereocenters. The minimum absolute atomic E-state index is 0.235. The number of nitrogens with zero attached hydrogens (tertiary/aromatic N) is 1. The van der Waals surface area contributed by atoms with E-state index in [1.165, 1.54) is 11.2 Å².